The van der Waals surface area contributed by atoms with Gasteiger partial charge in [0.1, 0.15) is 5.76 Å². The monoisotopic (exact) mass is 235 g/mol. The Balaban J connectivity index is 2.01. The number of Topliss-reactive ketones (excluding diaryl/α,β-unsaturated/α-hetero) is 1. The normalized spacial score (nSPS) is 16.1. The summed E-state index contributed by atoms with van der Waals surface area (Å²) in [5.41, 5.74) is 0.891. The van der Waals surface area contributed by atoms with Crippen LogP contribution in [0.4, 0.5) is 0 Å². The third kappa shape index (κ3) is 2.57. The molecule has 0 aromatic carbocycles. The molecule has 1 amide bonds. The Morgan fingerprint density at radius 3 is 2.47 bits per heavy atom. The van der Waals surface area contributed by atoms with E-state index in [2.05, 4.69) is 5.32 Å². The zero-order valence-corrected chi connectivity index (χ0v) is 10.2. The molecule has 4 heteroatoms. The fourth-order valence-electron chi connectivity index (χ4n) is 2.12. The lowest BCUT2D eigenvalue weighted by Crippen LogP contribution is -2.37. The quantitative estimate of drug-likeness (QED) is 0.645. The minimum atomic E-state index is -0.576. The number of amides is 1. The molecule has 1 saturated carbocycles. The Hall–Kier alpha value is -1.58. The molecule has 1 aliphatic carbocycles. The summed E-state index contributed by atoms with van der Waals surface area (Å²) in [4.78, 5) is 23.5. The number of rotatable bonds is 3. The lowest BCUT2D eigenvalue weighted by molar-refractivity contribution is -0.117. The Labute approximate surface area is 100 Å². The van der Waals surface area contributed by atoms with Crippen molar-refractivity contribution in [3.05, 3.63) is 23.2 Å². The summed E-state index contributed by atoms with van der Waals surface area (Å²) >= 11 is 0. The van der Waals surface area contributed by atoms with Gasteiger partial charge < -0.3 is 9.73 Å². The van der Waals surface area contributed by atoms with Crippen molar-refractivity contribution in [3.63, 3.8) is 0 Å². The first-order valence-corrected chi connectivity index (χ1v) is 6.00. The van der Waals surface area contributed by atoms with Crippen molar-refractivity contribution >= 4 is 11.7 Å². The molecule has 1 aromatic rings. The molecule has 0 aliphatic heterocycles. The van der Waals surface area contributed by atoms with Crippen molar-refractivity contribution in [1.82, 2.24) is 5.32 Å². The SMILES string of the molecule is Cc1cc(C(=O)C(=O)NC2CCCC2)oc1C. The predicted octanol–water partition coefficient (Wildman–Crippen LogP) is 2.14. The molecule has 1 N–H and O–H groups in total. The predicted molar refractivity (Wildman–Crippen MR) is 62.9 cm³/mol. The molecule has 1 aromatic heterocycles. The van der Waals surface area contributed by atoms with Crippen molar-refractivity contribution in [2.75, 3.05) is 0 Å². The maximum atomic E-state index is 11.8. The standard InChI is InChI=1S/C13H17NO3/c1-8-7-11(17-9(8)2)12(15)13(16)14-10-5-3-4-6-10/h7,10H,3-6H2,1-2H3,(H,14,16). The van der Waals surface area contributed by atoms with E-state index in [0.717, 1.165) is 31.2 Å². The number of hydrogen-bond donors (Lipinski definition) is 1. The van der Waals surface area contributed by atoms with Crippen molar-refractivity contribution in [3.8, 4) is 0 Å². The number of furan rings is 1. The number of hydrogen-bond acceptors (Lipinski definition) is 3. The smallest absolute Gasteiger partial charge is 0.295 e. The van der Waals surface area contributed by atoms with Gasteiger partial charge in [0, 0.05) is 6.04 Å². The third-order valence-electron chi connectivity index (χ3n) is 3.29. The molecule has 2 rings (SSSR count). The van der Waals surface area contributed by atoms with E-state index in [4.69, 9.17) is 4.42 Å². The third-order valence-corrected chi connectivity index (χ3v) is 3.29. The van der Waals surface area contributed by atoms with Crippen LogP contribution in [-0.2, 0) is 4.79 Å². The number of ketones is 1. The minimum absolute atomic E-state index is 0.135. The van der Waals surface area contributed by atoms with Crippen LogP contribution in [0.3, 0.4) is 0 Å². The molecule has 92 valence electrons. The first-order chi connectivity index (χ1) is 8.08. The first-order valence-electron chi connectivity index (χ1n) is 6.00. The Morgan fingerprint density at radius 2 is 1.94 bits per heavy atom. The van der Waals surface area contributed by atoms with Crippen LogP contribution in [-0.4, -0.2) is 17.7 Å². The summed E-state index contributed by atoms with van der Waals surface area (Å²) in [5.74, 6) is -0.309. The summed E-state index contributed by atoms with van der Waals surface area (Å²) in [6, 6.07) is 1.77. The lowest BCUT2D eigenvalue weighted by atomic mass is 10.2. The molecule has 0 spiro atoms. The molecule has 0 bridgehead atoms. The van der Waals surface area contributed by atoms with Crippen molar-refractivity contribution in [2.24, 2.45) is 0 Å². The molecule has 1 aliphatic rings. The van der Waals surface area contributed by atoms with Gasteiger partial charge in [-0.3, -0.25) is 9.59 Å². The van der Waals surface area contributed by atoms with Crippen LogP contribution in [0.5, 0.6) is 0 Å². The van der Waals surface area contributed by atoms with Gasteiger partial charge in [0.05, 0.1) is 0 Å². The van der Waals surface area contributed by atoms with E-state index >= 15 is 0 Å². The van der Waals surface area contributed by atoms with Crippen LogP contribution in [0.25, 0.3) is 0 Å². The first kappa shape index (κ1) is 11.9. The van der Waals surface area contributed by atoms with E-state index in [1.54, 1.807) is 13.0 Å². The van der Waals surface area contributed by atoms with Crippen LogP contribution < -0.4 is 5.32 Å². The van der Waals surface area contributed by atoms with Crippen LogP contribution in [0.2, 0.25) is 0 Å². The van der Waals surface area contributed by atoms with Gasteiger partial charge in [-0.25, -0.2) is 0 Å². The Morgan fingerprint density at radius 1 is 1.29 bits per heavy atom. The molecular formula is C13H17NO3. The van der Waals surface area contributed by atoms with E-state index in [1.165, 1.54) is 0 Å². The van der Waals surface area contributed by atoms with Crippen LogP contribution in [0.1, 0.15) is 47.6 Å². The lowest BCUT2D eigenvalue weighted by Gasteiger charge is -2.09. The van der Waals surface area contributed by atoms with Gasteiger partial charge in [0.2, 0.25) is 0 Å². The van der Waals surface area contributed by atoms with E-state index < -0.39 is 11.7 Å². The van der Waals surface area contributed by atoms with Crippen molar-refractivity contribution in [1.29, 1.82) is 0 Å². The molecule has 0 unspecified atom stereocenters. The summed E-state index contributed by atoms with van der Waals surface area (Å²) in [5, 5.41) is 2.76. The van der Waals surface area contributed by atoms with Crippen LogP contribution in [0, 0.1) is 13.8 Å². The van der Waals surface area contributed by atoms with Gasteiger partial charge in [-0.2, -0.15) is 0 Å². The fourth-order valence-corrected chi connectivity index (χ4v) is 2.12. The number of aryl methyl sites for hydroxylation is 2. The maximum absolute atomic E-state index is 11.8. The molecule has 0 saturated heterocycles. The highest BCUT2D eigenvalue weighted by Crippen LogP contribution is 2.18. The van der Waals surface area contributed by atoms with Crippen LogP contribution >= 0.6 is 0 Å². The summed E-state index contributed by atoms with van der Waals surface area (Å²) in [6.45, 7) is 3.63. The average Bonchev–Trinajstić information content (AvgIpc) is 2.89. The Bertz CT molecular complexity index is 422. The van der Waals surface area contributed by atoms with E-state index in [9.17, 15) is 9.59 Å². The topological polar surface area (TPSA) is 59.3 Å². The molecule has 4 nitrogen and oxygen atoms in total. The average molecular weight is 235 g/mol. The second-order valence-electron chi connectivity index (χ2n) is 4.63. The number of carbonyl (C=O) groups excluding carboxylic acids is 2. The number of carbonyl (C=O) groups is 2. The molecular weight excluding hydrogens is 218 g/mol. The van der Waals surface area contributed by atoms with E-state index in [0.29, 0.717) is 5.76 Å². The van der Waals surface area contributed by atoms with Crippen LogP contribution in [0.15, 0.2) is 10.5 Å². The molecule has 17 heavy (non-hydrogen) atoms. The summed E-state index contributed by atoms with van der Waals surface area (Å²) < 4.78 is 5.25. The molecule has 1 heterocycles. The largest absolute Gasteiger partial charge is 0.457 e. The zero-order valence-electron chi connectivity index (χ0n) is 10.2. The highest BCUT2D eigenvalue weighted by atomic mass is 16.3. The second-order valence-corrected chi connectivity index (χ2v) is 4.63. The molecule has 0 atom stereocenters. The fraction of sp³-hybridized carbons (Fsp3) is 0.538. The summed E-state index contributed by atoms with van der Waals surface area (Å²) in [6.07, 6.45) is 4.18. The second kappa shape index (κ2) is 4.73. The van der Waals surface area contributed by atoms with Gasteiger partial charge >= 0.3 is 0 Å². The van der Waals surface area contributed by atoms with Gasteiger partial charge in [0.15, 0.2) is 5.76 Å². The van der Waals surface area contributed by atoms with E-state index in [1.807, 2.05) is 6.92 Å². The van der Waals surface area contributed by atoms with Gasteiger partial charge in [0.25, 0.3) is 11.7 Å². The Kier molecular flexibility index (Phi) is 3.31. The summed E-state index contributed by atoms with van der Waals surface area (Å²) in [7, 11) is 0. The minimum Gasteiger partial charge on any atom is -0.457 e. The van der Waals surface area contributed by atoms with E-state index in [-0.39, 0.29) is 11.8 Å². The van der Waals surface area contributed by atoms with Gasteiger partial charge in [-0.1, -0.05) is 12.8 Å². The molecule has 1 fully saturated rings. The highest BCUT2D eigenvalue weighted by molar-refractivity contribution is 6.42. The number of nitrogens with one attached hydrogen (secondary N) is 1. The van der Waals surface area contributed by atoms with Crippen molar-refractivity contribution < 1.29 is 14.0 Å². The van der Waals surface area contributed by atoms with Gasteiger partial charge in [-0.05, 0) is 38.3 Å². The maximum Gasteiger partial charge on any atom is 0.295 e. The highest BCUT2D eigenvalue weighted by Gasteiger charge is 2.24. The van der Waals surface area contributed by atoms with Gasteiger partial charge in [-0.15, -0.1) is 0 Å². The zero-order chi connectivity index (χ0) is 12.4. The van der Waals surface area contributed by atoms with Crippen molar-refractivity contribution in [2.45, 2.75) is 45.6 Å². The molecule has 0 radical (unpaired) electrons.